The molecule has 0 aromatic rings. The summed E-state index contributed by atoms with van der Waals surface area (Å²) in [5.74, 6) is 0.312. The van der Waals surface area contributed by atoms with Gasteiger partial charge in [0, 0.05) is 90.7 Å². The van der Waals surface area contributed by atoms with Crippen LogP contribution >= 0.6 is 0 Å². The minimum atomic E-state index is -0.417. The summed E-state index contributed by atoms with van der Waals surface area (Å²) in [4.78, 5) is 34.5. The van der Waals surface area contributed by atoms with Crippen LogP contribution < -0.4 is 0 Å². The molecular weight excluding hydrogens is 650 g/mol. The van der Waals surface area contributed by atoms with Gasteiger partial charge in [0.05, 0.1) is 0 Å². The van der Waals surface area contributed by atoms with E-state index in [2.05, 4.69) is 0 Å². The van der Waals surface area contributed by atoms with E-state index >= 15 is 0 Å². The van der Waals surface area contributed by atoms with Gasteiger partial charge in [-0.25, -0.2) is 0 Å². The number of ketones is 3. The Kier molecular flexibility index (Phi) is 19.0. The number of carbonyl (C=O) groups is 3. The maximum atomic E-state index is 11.5. The van der Waals surface area contributed by atoms with E-state index in [-0.39, 0.29) is 90.8 Å². The molecular formula is C33H60GdO6. The van der Waals surface area contributed by atoms with Crippen molar-refractivity contribution in [3.05, 3.63) is 35.5 Å². The summed E-state index contributed by atoms with van der Waals surface area (Å²) in [7, 11) is 0. The average molecular weight is 710 g/mol. The van der Waals surface area contributed by atoms with Crippen molar-refractivity contribution in [1.82, 2.24) is 0 Å². The van der Waals surface area contributed by atoms with Crippen LogP contribution in [0.2, 0.25) is 0 Å². The van der Waals surface area contributed by atoms with Crippen LogP contribution in [0.15, 0.2) is 35.5 Å². The third-order valence-electron chi connectivity index (χ3n) is 5.33. The minimum Gasteiger partial charge on any atom is -0.512 e. The van der Waals surface area contributed by atoms with Gasteiger partial charge in [0.1, 0.15) is 17.3 Å². The molecule has 0 bridgehead atoms. The van der Waals surface area contributed by atoms with Gasteiger partial charge in [-0.15, -0.1) is 0 Å². The van der Waals surface area contributed by atoms with Gasteiger partial charge in [-0.3, -0.25) is 14.4 Å². The Morgan fingerprint density at radius 1 is 0.350 bits per heavy atom. The Labute approximate surface area is 277 Å². The topological polar surface area (TPSA) is 112 Å². The van der Waals surface area contributed by atoms with Crippen molar-refractivity contribution >= 4 is 17.3 Å². The van der Waals surface area contributed by atoms with Gasteiger partial charge in [0.15, 0.2) is 17.3 Å². The molecule has 0 aromatic heterocycles. The number of aliphatic hydroxyl groups is 3. The second-order valence-electron chi connectivity index (χ2n) is 16.2. The van der Waals surface area contributed by atoms with Crippen LogP contribution in [0.25, 0.3) is 0 Å². The molecule has 0 spiro atoms. The van der Waals surface area contributed by atoms with Crippen LogP contribution in [-0.2, 0) is 14.4 Å². The number of allylic oxidation sites excluding steroid dienone is 6. The third kappa shape index (κ3) is 21.7. The Morgan fingerprint density at radius 2 is 0.475 bits per heavy atom. The van der Waals surface area contributed by atoms with Crippen LogP contribution in [0, 0.1) is 72.4 Å². The molecule has 3 N–H and O–H groups in total. The maximum absolute atomic E-state index is 11.5. The Bertz CT molecular complexity index is 801. The van der Waals surface area contributed by atoms with Gasteiger partial charge >= 0.3 is 0 Å². The molecule has 40 heavy (non-hydrogen) atoms. The van der Waals surface area contributed by atoms with Gasteiger partial charge in [0.2, 0.25) is 0 Å². The van der Waals surface area contributed by atoms with Crippen molar-refractivity contribution in [1.29, 1.82) is 0 Å². The Morgan fingerprint density at radius 3 is 0.550 bits per heavy atom. The predicted octanol–water partition coefficient (Wildman–Crippen LogP) is 9.27. The Balaban J connectivity index is -0.000000240. The Hall–Kier alpha value is -1.05. The number of hydrogen-bond donors (Lipinski definition) is 3. The molecule has 0 aliphatic carbocycles. The molecule has 0 aromatic carbocycles. The zero-order valence-corrected chi connectivity index (χ0v) is 30.9. The van der Waals surface area contributed by atoms with Gasteiger partial charge in [-0.05, 0) is 0 Å². The smallest absolute Gasteiger partial charge is 0.164 e. The summed E-state index contributed by atoms with van der Waals surface area (Å²) in [5, 5.41) is 28.7. The number of hydrogen-bond acceptors (Lipinski definition) is 6. The number of aliphatic hydroxyl groups excluding tert-OH is 3. The molecule has 0 fully saturated rings. The molecule has 0 unspecified atom stereocenters. The summed E-state index contributed by atoms with van der Waals surface area (Å²) < 4.78 is 0. The molecule has 236 valence electrons. The number of rotatable bonds is 3. The predicted molar refractivity (Wildman–Crippen MR) is 164 cm³/mol. The van der Waals surface area contributed by atoms with Gasteiger partial charge in [-0.2, -0.15) is 0 Å². The van der Waals surface area contributed by atoms with E-state index in [1.807, 2.05) is 125 Å². The summed E-state index contributed by atoms with van der Waals surface area (Å²) >= 11 is 0. The molecule has 0 radical (unpaired) electrons. The first-order valence-corrected chi connectivity index (χ1v) is 13.5. The zero-order chi connectivity index (χ0) is 32.6. The van der Waals surface area contributed by atoms with Crippen LogP contribution in [0.4, 0.5) is 0 Å². The first-order chi connectivity index (χ1) is 16.6. The van der Waals surface area contributed by atoms with E-state index in [9.17, 15) is 29.7 Å². The van der Waals surface area contributed by atoms with Crippen molar-refractivity contribution < 1.29 is 69.6 Å². The van der Waals surface area contributed by atoms with E-state index < -0.39 is 16.2 Å². The SMILES string of the molecule is CC(C)(C)C(=O)/C=C(/O)C(C)(C)C.CC(C)(C)C(=O)/C=C(/O)C(C)(C)C.CC(C)(C)C(=O)/C=C(/O)C(C)(C)C.[Gd]. The summed E-state index contributed by atoms with van der Waals surface area (Å²) in [6, 6.07) is 0. The zero-order valence-electron chi connectivity index (χ0n) is 28.7. The van der Waals surface area contributed by atoms with Gasteiger partial charge in [-0.1, -0.05) is 125 Å². The third-order valence-corrected chi connectivity index (χ3v) is 5.33. The number of carbonyl (C=O) groups excluding carboxylic acids is 3. The van der Waals surface area contributed by atoms with Crippen molar-refractivity contribution in [2.45, 2.75) is 125 Å². The van der Waals surface area contributed by atoms with Gasteiger partial charge in [0.25, 0.3) is 0 Å². The molecule has 0 amide bonds. The van der Waals surface area contributed by atoms with E-state index in [0.717, 1.165) is 0 Å². The first-order valence-electron chi connectivity index (χ1n) is 13.5. The first kappa shape index (κ1) is 45.9. The fraction of sp³-hybridized carbons (Fsp3) is 0.727. The second kappa shape index (κ2) is 16.6. The summed E-state index contributed by atoms with van der Waals surface area (Å²) in [6.45, 7) is 33.3. The molecule has 0 saturated heterocycles. The van der Waals surface area contributed by atoms with Crippen LogP contribution in [0.1, 0.15) is 125 Å². The van der Waals surface area contributed by atoms with Crippen molar-refractivity contribution in [3.63, 3.8) is 0 Å². The van der Waals surface area contributed by atoms with E-state index in [4.69, 9.17) is 0 Å². The van der Waals surface area contributed by atoms with Gasteiger partial charge < -0.3 is 15.3 Å². The normalized spacial score (nSPS) is 14.1. The summed E-state index contributed by atoms with van der Waals surface area (Å²) in [6.07, 6.45) is 4.00. The van der Waals surface area contributed by atoms with Crippen molar-refractivity contribution in [3.8, 4) is 0 Å². The molecule has 6 nitrogen and oxygen atoms in total. The van der Waals surface area contributed by atoms with E-state index in [1.165, 1.54) is 18.2 Å². The van der Waals surface area contributed by atoms with E-state index in [1.54, 1.807) is 0 Å². The fourth-order valence-corrected chi connectivity index (χ4v) is 1.67. The van der Waals surface area contributed by atoms with E-state index in [0.29, 0.717) is 0 Å². The monoisotopic (exact) mass is 710 g/mol. The van der Waals surface area contributed by atoms with Crippen molar-refractivity contribution in [2.24, 2.45) is 32.5 Å². The molecule has 7 heteroatoms. The molecule has 0 atom stereocenters. The molecule has 0 aliphatic heterocycles. The minimum absolute atomic E-state index is 0. The summed E-state index contributed by atoms with van der Waals surface area (Å²) in [5.41, 5.74) is -2.29. The quantitative estimate of drug-likeness (QED) is 0.199. The van der Waals surface area contributed by atoms with Crippen LogP contribution in [0.5, 0.6) is 0 Å². The van der Waals surface area contributed by atoms with Crippen LogP contribution in [-0.4, -0.2) is 32.7 Å². The average Bonchev–Trinajstić information content (AvgIpc) is 2.64. The van der Waals surface area contributed by atoms with Crippen molar-refractivity contribution in [2.75, 3.05) is 0 Å². The van der Waals surface area contributed by atoms with Crippen LogP contribution in [0.3, 0.4) is 0 Å². The standard InChI is InChI=1S/3C11H20O2.Gd/c3*1-10(2,3)8(12)7-9(13)11(4,5)6;/h3*7,12H,1-6H3;/b3*8-7+;. The molecule has 0 heterocycles. The maximum Gasteiger partial charge on any atom is 0.164 e. The fourth-order valence-electron chi connectivity index (χ4n) is 1.67. The largest absolute Gasteiger partial charge is 0.512 e. The second-order valence-corrected chi connectivity index (χ2v) is 16.2. The molecule has 0 saturated carbocycles. The molecule has 0 rings (SSSR count). The molecule has 0 aliphatic rings.